The predicted octanol–water partition coefficient (Wildman–Crippen LogP) is 3.77. The van der Waals surface area contributed by atoms with Gasteiger partial charge in [-0.3, -0.25) is 4.79 Å². The fraction of sp³-hybridized carbons (Fsp3) is 0.267. The van der Waals surface area contributed by atoms with E-state index in [2.05, 4.69) is 6.07 Å². The molecule has 0 amide bonds. The Labute approximate surface area is 116 Å². The molecule has 2 nitrogen and oxygen atoms in total. The lowest BCUT2D eigenvalue weighted by Crippen LogP contribution is -2.21. The maximum Gasteiger partial charge on any atom is 0.159 e. The van der Waals surface area contributed by atoms with E-state index in [1.807, 2.05) is 23.4 Å². The fourth-order valence-electron chi connectivity index (χ4n) is 1.89. The van der Waals surface area contributed by atoms with Crippen LogP contribution in [0.5, 0.6) is 0 Å². The van der Waals surface area contributed by atoms with Gasteiger partial charge in [-0.05, 0) is 43.0 Å². The molecule has 4 heteroatoms. The first-order valence-corrected chi connectivity index (χ1v) is 7.00. The van der Waals surface area contributed by atoms with E-state index < -0.39 is 0 Å². The molecule has 1 heterocycles. The zero-order chi connectivity index (χ0) is 13.8. The summed E-state index contributed by atoms with van der Waals surface area (Å²) in [4.78, 5) is 14.3. The van der Waals surface area contributed by atoms with Crippen LogP contribution in [-0.2, 0) is 6.42 Å². The molecule has 0 N–H and O–H groups in total. The number of halogens is 1. The number of Topliss-reactive ketones (excluding diaryl/α,β-unsaturated/α-hetero) is 1. The number of hydrogen-bond acceptors (Lipinski definition) is 3. The molecule has 0 aliphatic rings. The van der Waals surface area contributed by atoms with Gasteiger partial charge in [0, 0.05) is 24.0 Å². The van der Waals surface area contributed by atoms with Crippen LogP contribution in [0, 0.1) is 5.82 Å². The Morgan fingerprint density at radius 2 is 2.16 bits per heavy atom. The van der Waals surface area contributed by atoms with Crippen molar-refractivity contribution in [2.75, 3.05) is 18.5 Å². The minimum atomic E-state index is -0.346. The lowest BCUT2D eigenvalue weighted by Gasteiger charge is -2.19. The number of likely N-dealkylation sites (N-methyl/N-ethyl adjacent to an activating group) is 1. The Bertz CT molecular complexity index is 566. The molecule has 0 spiro atoms. The van der Waals surface area contributed by atoms with Crippen molar-refractivity contribution in [3.05, 3.63) is 52.0 Å². The van der Waals surface area contributed by atoms with Crippen LogP contribution >= 0.6 is 11.3 Å². The normalized spacial score (nSPS) is 10.5. The summed E-state index contributed by atoms with van der Waals surface area (Å²) >= 11 is 1.71. The molecule has 0 fully saturated rings. The van der Waals surface area contributed by atoms with Crippen LogP contribution in [0.15, 0.2) is 35.7 Å². The van der Waals surface area contributed by atoms with Crippen LogP contribution in [0.3, 0.4) is 0 Å². The summed E-state index contributed by atoms with van der Waals surface area (Å²) in [5.74, 6) is -0.465. The number of ketones is 1. The van der Waals surface area contributed by atoms with Crippen LogP contribution < -0.4 is 4.90 Å². The topological polar surface area (TPSA) is 20.3 Å². The number of carbonyl (C=O) groups excluding carboxylic acids is 1. The third-order valence-corrected chi connectivity index (χ3v) is 3.98. The Hall–Kier alpha value is -1.68. The minimum absolute atomic E-state index is 0.119. The molecule has 19 heavy (non-hydrogen) atoms. The molecule has 0 saturated carbocycles. The quantitative estimate of drug-likeness (QED) is 0.775. The van der Waals surface area contributed by atoms with Gasteiger partial charge in [0.2, 0.25) is 0 Å². The molecular weight excluding hydrogens is 261 g/mol. The van der Waals surface area contributed by atoms with Gasteiger partial charge in [0.25, 0.3) is 0 Å². The Kier molecular flexibility index (Phi) is 4.32. The number of thiophene rings is 1. The number of nitrogens with zero attached hydrogens (tertiary/aromatic N) is 1. The minimum Gasteiger partial charge on any atom is -0.372 e. The Morgan fingerprint density at radius 3 is 2.74 bits per heavy atom. The maximum absolute atomic E-state index is 13.9. The van der Waals surface area contributed by atoms with Gasteiger partial charge in [-0.25, -0.2) is 4.39 Å². The highest BCUT2D eigenvalue weighted by Crippen LogP contribution is 2.20. The zero-order valence-electron chi connectivity index (χ0n) is 11.0. The second-order valence-corrected chi connectivity index (χ2v) is 5.51. The molecular formula is C15H16FNOS. The van der Waals surface area contributed by atoms with Gasteiger partial charge >= 0.3 is 0 Å². The predicted molar refractivity (Wildman–Crippen MR) is 77.7 cm³/mol. The molecule has 0 aliphatic carbocycles. The van der Waals surface area contributed by atoms with Gasteiger partial charge in [0.1, 0.15) is 5.82 Å². The first-order valence-electron chi connectivity index (χ1n) is 6.12. The molecule has 1 aromatic carbocycles. The average Bonchev–Trinajstić information content (AvgIpc) is 2.88. The molecule has 0 unspecified atom stereocenters. The summed E-state index contributed by atoms with van der Waals surface area (Å²) < 4.78 is 13.9. The van der Waals surface area contributed by atoms with E-state index in [0.717, 1.165) is 13.0 Å². The highest BCUT2D eigenvalue weighted by atomic mass is 32.1. The number of anilines is 1. The van der Waals surface area contributed by atoms with Crippen molar-refractivity contribution in [3.8, 4) is 0 Å². The van der Waals surface area contributed by atoms with Crippen molar-refractivity contribution in [1.82, 2.24) is 0 Å². The largest absolute Gasteiger partial charge is 0.372 e. The van der Waals surface area contributed by atoms with Crippen LogP contribution in [0.25, 0.3) is 0 Å². The summed E-state index contributed by atoms with van der Waals surface area (Å²) in [6, 6.07) is 8.73. The number of benzene rings is 1. The molecule has 1 aromatic heterocycles. The van der Waals surface area contributed by atoms with Crippen LogP contribution in [0.4, 0.5) is 10.1 Å². The van der Waals surface area contributed by atoms with Crippen molar-refractivity contribution in [2.45, 2.75) is 13.3 Å². The molecule has 0 aliphatic heterocycles. The third-order valence-electron chi connectivity index (χ3n) is 3.04. The van der Waals surface area contributed by atoms with Gasteiger partial charge in [-0.2, -0.15) is 0 Å². The third kappa shape index (κ3) is 3.41. The van der Waals surface area contributed by atoms with E-state index in [9.17, 15) is 9.18 Å². The van der Waals surface area contributed by atoms with E-state index in [1.165, 1.54) is 17.9 Å². The highest BCUT2D eigenvalue weighted by molar-refractivity contribution is 7.09. The van der Waals surface area contributed by atoms with E-state index in [1.54, 1.807) is 23.5 Å². The SMILES string of the molecule is CC(=O)c1ccc(N(C)CCc2cccs2)c(F)c1. The van der Waals surface area contributed by atoms with E-state index in [0.29, 0.717) is 11.3 Å². The van der Waals surface area contributed by atoms with E-state index in [4.69, 9.17) is 0 Å². The first-order chi connectivity index (χ1) is 9.08. The zero-order valence-corrected chi connectivity index (χ0v) is 11.8. The lowest BCUT2D eigenvalue weighted by atomic mass is 10.1. The second kappa shape index (κ2) is 5.97. The number of carbonyl (C=O) groups is 1. The highest BCUT2D eigenvalue weighted by Gasteiger charge is 2.10. The smallest absolute Gasteiger partial charge is 0.159 e. The van der Waals surface area contributed by atoms with Gasteiger partial charge in [0.15, 0.2) is 5.78 Å². The monoisotopic (exact) mass is 277 g/mol. The average molecular weight is 277 g/mol. The van der Waals surface area contributed by atoms with Gasteiger partial charge in [0.05, 0.1) is 5.69 Å². The molecule has 2 aromatic rings. The molecule has 2 rings (SSSR count). The summed E-state index contributed by atoms with van der Waals surface area (Å²) in [6.07, 6.45) is 0.891. The van der Waals surface area contributed by atoms with Gasteiger partial charge in [-0.1, -0.05) is 6.07 Å². The van der Waals surface area contributed by atoms with Crippen molar-refractivity contribution in [2.24, 2.45) is 0 Å². The van der Waals surface area contributed by atoms with Crippen molar-refractivity contribution in [1.29, 1.82) is 0 Å². The van der Waals surface area contributed by atoms with Crippen LogP contribution in [0.2, 0.25) is 0 Å². The number of rotatable bonds is 5. The van der Waals surface area contributed by atoms with E-state index >= 15 is 0 Å². The molecule has 100 valence electrons. The van der Waals surface area contributed by atoms with Gasteiger partial charge < -0.3 is 4.90 Å². The summed E-state index contributed by atoms with van der Waals surface area (Å²) in [6.45, 7) is 2.19. The number of hydrogen-bond donors (Lipinski definition) is 0. The second-order valence-electron chi connectivity index (χ2n) is 4.47. The molecule has 0 saturated heterocycles. The van der Waals surface area contributed by atoms with E-state index in [-0.39, 0.29) is 11.6 Å². The maximum atomic E-state index is 13.9. The summed E-state index contributed by atoms with van der Waals surface area (Å²) in [7, 11) is 1.86. The standard InChI is InChI=1S/C15H16FNOS/c1-11(18)12-5-6-15(14(16)10-12)17(2)8-7-13-4-3-9-19-13/h3-6,9-10H,7-8H2,1-2H3. The fourth-order valence-corrected chi connectivity index (χ4v) is 2.59. The summed E-state index contributed by atoms with van der Waals surface area (Å²) in [5, 5.41) is 2.04. The van der Waals surface area contributed by atoms with Crippen molar-refractivity contribution >= 4 is 22.8 Å². The van der Waals surface area contributed by atoms with Crippen molar-refractivity contribution < 1.29 is 9.18 Å². The molecule has 0 radical (unpaired) electrons. The Morgan fingerprint density at radius 1 is 1.37 bits per heavy atom. The first kappa shape index (κ1) is 13.7. The molecule has 0 bridgehead atoms. The van der Waals surface area contributed by atoms with Gasteiger partial charge in [-0.15, -0.1) is 11.3 Å². The van der Waals surface area contributed by atoms with Crippen LogP contribution in [-0.4, -0.2) is 19.4 Å². The van der Waals surface area contributed by atoms with Crippen LogP contribution in [0.1, 0.15) is 22.2 Å². The lowest BCUT2D eigenvalue weighted by molar-refractivity contribution is 0.101. The van der Waals surface area contributed by atoms with Crippen molar-refractivity contribution in [3.63, 3.8) is 0 Å². The summed E-state index contributed by atoms with van der Waals surface area (Å²) in [5.41, 5.74) is 0.939. The molecule has 0 atom stereocenters. The Balaban J connectivity index is 2.06.